The predicted molar refractivity (Wildman–Crippen MR) is 62.6 cm³/mol. The van der Waals surface area contributed by atoms with E-state index in [1.165, 1.54) is 32.5 Å². The van der Waals surface area contributed by atoms with Gasteiger partial charge in [0.2, 0.25) is 0 Å². The van der Waals surface area contributed by atoms with Gasteiger partial charge >= 0.3 is 0 Å². The number of hydrogen-bond acceptors (Lipinski definition) is 2. The first-order valence-electron chi connectivity index (χ1n) is 6.06. The molecule has 1 N–H and O–H groups in total. The second-order valence-electron chi connectivity index (χ2n) is 5.23. The molecule has 14 heavy (non-hydrogen) atoms. The molecular weight excluding hydrogens is 172 g/mol. The van der Waals surface area contributed by atoms with E-state index in [1.807, 2.05) is 0 Å². The first kappa shape index (κ1) is 12.0. The Labute approximate surface area is 89.1 Å². The number of nitrogens with one attached hydrogen (secondary N) is 1. The van der Waals surface area contributed by atoms with E-state index in [9.17, 15) is 0 Å². The van der Waals surface area contributed by atoms with Crippen LogP contribution in [0.15, 0.2) is 0 Å². The van der Waals surface area contributed by atoms with E-state index < -0.39 is 0 Å². The molecule has 2 heteroatoms. The van der Waals surface area contributed by atoms with Crippen molar-refractivity contribution < 1.29 is 0 Å². The standard InChI is InChI=1S/C12H26N2/c1-10(2)13-12(4)9-14-7-5-6-11(3)8-14/h10-13H,5-9H2,1-4H3. The van der Waals surface area contributed by atoms with Crippen LogP contribution in [0.2, 0.25) is 0 Å². The lowest BCUT2D eigenvalue weighted by Gasteiger charge is -2.33. The van der Waals surface area contributed by atoms with Gasteiger partial charge in [0.25, 0.3) is 0 Å². The van der Waals surface area contributed by atoms with Crippen LogP contribution in [-0.4, -0.2) is 36.6 Å². The highest BCUT2D eigenvalue weighted by Crippen LogP contribution is 2.15. The van der Waals surface area contributed by atoms with Gasteiger partial charge in [0.05, 0.1) is 0 Å². The van der Waals surface area contributed by atoms with E-state index in [0.29, 0.717) is 12.1 Å². The van der Waals surface area contributed by atoms with E-state index >= 15 is 0 Å². The van der Waals surface area contributed by atoms with Gasteiger partial charge in [0.15, 0.2) is 0 Å². The molecule has 0 aromatic rings. The Bertz CT molecular complexity index is 156. The maximum Gasteiger partial charge on any atom is 0.0169 e. The summed E-state index contributed by atoms with van der Waals surface area (Å²) < 4.78 is 0. The molecule has 2 nitrogen and oxygen atoms in total. The quantitative estimate of drug-likeness (QED) is 0.744. The first-order valence-corrected chi connectivity index (χ1v) is 6.06. The average Bonchev–Trinajstić information content (AvgIpc) is 2.01. The number of likely N-dealkylation sites (tertiary alicyclic amines) is 1. The Balaban J connectivity index is 2.21. The molecule has 0 aliphatic carbocycles. The number of rotatable bonds is 4. The smallest absolute Gasteiger partial charge is 0.0169 e. The molecule has 0 saturated carbocycles. The lowest BCUT2D eigenvalue weighted by molar-refractivity contribution is 0.168. The van der Waals surface area contributed by atoms with E-state index in [0.717, 1.165) is 5.92 Å². The van der Waals surface area contributed by atoms with E-state index in [1.54, 1.807) is 0 Å². The van der Waals surface area contributed by atoms with Crippen LogP contribution < -0.4 is 5.32 Å². The molecule has 1 aliphatic heterocycles. The average molecular weight is 198 g/mol. The van der Waals surface area contributed by atoms with Crippen molar-refractivity contribution in [3.8, 4) is 0 Å². The van der Waals surface area contributed by atoms with Crippen molar-refractivity contribution in [1.82, 2.24) is 10.2 Å². The van der Waals surface area contributed by atoms with Crippen molar-refractivity contribution in [3.05, 3.63) is 0 Å². The third-order valence-corrected chi connectivity index (χ3v) is 2.89. The third-order valence-electron chi connectivity index (χ3n) is 2.89. The van der Waals surface area contributed by atoms with Gasteiger partial charge in [-0.2, -0.15) is 0 Å². The summed E-state index contributed by atoms with van der Waals surface area (Å²) in [6.07, 6.45) is 2.80. The molecule has 1 heterocycles. The molecule has 0 aromatic heterocycles. The van der Waals surface area contributed by atoms with Crippen molar-refractivity contribution >= 4 is 0 Å². The molecule has 1 fully saturated rings. The zero-order chi connectivity index (χ0) is 10.6. The maximum absolute atomic E-state index is 3.56. The van der Waals surface area contributed by atoms with Crippen molar-refractivity contribution in [2.45, 2.75) is 52.6 Å². The lowest BCUT2D eigenvalue weighted by Crippen LogP contribution is -2.45. The molecule has 84 valence electrons. The molecule has 0 radical (unpaired) electrons. The normalized spacial score (nSPS) is 26.8. The van der Waals surface area contributed by atoms with Crippen LogP contribution in [0.4, 0.5) is 0 Å². The van der Waals surface area contributed by atoms with Gasteiger partial charge in [-0.1, -0.05) is 20.8 Å². The zero-order valence-corrected chi connectivity index (χ0v) is 10.2. The molecule has 2 unspecified atom stereocenters. The summed E-state index contributed by atoms with van der Waals surface area (Å²) >= 11 is 0. The number of nitrogens with zero attached hydrogens (tertiary/aromatic N) is 1. The van der Waals surface area contributed by atoms with E-state index in [2.05, 4.69) is 37.9 Å². The zero-order valence-electron chi connectivity index (χ0n) is 10.2. The Morgan fingerprint density at radius 3 is 2.64 bits per heavy atom. The van der Waals surface area contributed by atoms with Crippen LogP contribution in [-0.2, 0) is 0 Å². The van der Waals surface area contributed by atoms with Gasteiger partial charge in [-0.05, 0) is 32.2 Å². The monoisotopic (exact) mass is 198 g/mol. The molecule has 0 aromatic carbocycles. The molecule has 1 rings (SSSR count). The second kappa shape index (κ2) is 5.72. The summed E-state index contributed by atoms with van der Waals surface area (Å²) in [6, 6.07) is 1.23. The topological polar surface area (TPSA) is 15.3 Å². The Morgan fingerprint density at radius 1 is 1.36 bits per heavy atom. The largest absolute Gasteiger partial charge is 0.311 e. The molecule has 0 amide bonds. The van der Waals surface area contributed by atoms with E-state index in [4.69, 9.17) is 0 Å². The number of piperidine rings is 1. The van der Waals surface area contributed by atoms with Gasteiger partial charge < -0.3 is 10.2 Å². The SMILES string of the molecule is CC1CCCN(CC(C)NC(C)C)C1. The summed E-state index contributed by atoms with van der Waals surface area (Å²) in [4.78, 5) is 2.61. The summed E-state index contributed by atoms with van der Waals surface area (Å²) in [5.74, 6) is 0.898. The lowest BCUT2D eigenvalue weighted by atomic mass is 10.00. The molecular formula is C12H26N2. The molecule has 1 aliphatic rings. The van der Waals surface area contributed by atoms with Crippen LogP contribution >= 0.6 is 0 Å². The van der Waals surface area contributed by atoms with Gasteiger partial charge in [-0.15, -0.1) is 0 Å². The summed E-state index contributed by atoms with van der Waals surface area (Å²) in [7, 11) is 0. The fourth-order valence-corrected chi connectivity index (χ4v) is 2.46. The number of hydrogen-bond donors (Lipinski definition) is 1. The van der Waals surface area contributed by atoms with Gasteiger partial charge in [-0.3, -0.25) is 0 Å². The minimum atomic E-state index is 0.604. The minimum Gasteiger partial charge on any atom is -0.311 e. The fourth-order valence-electron chi connectivity index (χ4n) is 2.46. The third kappa shape index (κ3) is 4.43. The van der Waals surface area contributed by atoms with Crippen LogP contribution in [0.5, 0.6) is 0 Å². The van der Waals surface area contributed by atoms with Crippen LogP contribution in [0.25, 0.3) is 0 Å². The van der Waals surface area contributed by atoms with Gasteiger partial charge in [0.1, 0.15) is 0 Å². The van der Waals surface area contributed by atoms with Crippen molar-refractivity contribution in [2.24, 2.45) is 5.92 Å². The first-order chi connectivity index (χ1) is 6.58. The summed E-state index contributed by atoms with van der Waals surface area (Å²) in [5.41, 5.74) is 0. The summed E-state index contributed by atoms with van der Waals surface area (Å²) in [5, 5.41) is 3.56. The molecule has 0 bridgehead atoms. The Morgan fingerprint density at radius 2 is 2.07 bits per heavy atom. The highest BCUT2D eigenvalue weighted by molar-refractivity contribution is 4.74. The van der Waals surface area contributed by atoms with Crippen LogP contribution in [0.1, 0.15) is 40.5 Å². The van der Waals surface area contributed by atoms with Crippen molar-refractivity contribution in [2.75, 3.05) is 19.6 Å². The maximum atomic E-state index is 3.56. The van der Waals surface area contributed by atoms with Gasteiger partial charge in [-0.25, -0.2) is 0 Å². The summed E-state index contributed by atoms with van der Waals surface area (Å²) in [6.45, 7) is 12.9. The van der Waals surface area contributed by atoms with Gasteiger partial charge in [0, 0.05) is 25.2 Å². The molecule has 0 spiro atoms. The fraction of sp³-hybridized carbons (Fsp3) is 1.00. The van der Waals surface area contributed by atoms with Crippen molar-refractivity contribution in [3.63, 3.8) is 0 Å². The molecule has 1 saturated heterocycles. The Hall–Kier alpha value is -0.0800. The highest BCUT2D eigenvalue weighted by Gasteiger charge is 2.17. The minimum absolute atomic E-state index is 0.604. The van der Waals surface area contributed by atoms with Crippen molar-refractivity contribution in [1.29, 1.82) is 0 Å². The van der Waals surface area contributed by atoms with Crippen LogP contribution in [0, 0.1) is 5.92 Å². The van der Waals surface area contributed by atoms with Crippen LogP contribution in [0.3, 0.4) is 0 Å². The second-order valence-corrected chi connectivity index (χ2v) is 5.23. The molecule has 2 atom stereocenters. The van der Waals surface area contributed by atoms with E-state index in [-0.39, 0.29) is 0 Å². The Kier molecular flexibility index (Phi) is 4.90. The predicted octanol–water partition coefficient (Wildman–Crippen LogP) is 2.10. The highest BCUT2D eigenvalue weighted by atomic mass is 15.2.